The minimum absolute atomic E-state index is 0.182. The summed E-state index contributed by atoms with van der Waals surface area (Å²) in [5, 5.41) is 0. The molecule has 6 heteroatoms. The zero-order chi connectivity index (χ0) is 21.5. The Bertz CT molecular complexity index is 820. The van der Waals surface area contributed by atoms with E-state index in [1.54, 1.807) is 14.2 Å². The number of piperazine rings is 1. The van der Waals surface area contributed by atoms with Crippen molar-refractivity contribution in [2.45, 2.75) is 26.1 Å². The Morgan fingerprint density at radius 3 is 2.27 bits per heavy atom. The minimum Gasteiger partial charge on any atom is -0.493 e. The van der Waals surface area contributed by atoms with Crippen molar-refractivity contribution < 1.29 is 14.3 Å². The Morgan fingerprint density at radius 1 is 0.967 bits per heavy atom. The monoisotopic (exact) mass is 411 g/mol. The second-order valence-corrected chi connectivity index (χ2v) is 7.87. The summed E-state index contributed by atoms with van der Waals surface area (Å²) in [4.78, 5) is 19.5. The van der Waals surface area contributed by atoms with E-state index in [2.05, 4.69) is 34.1 Å². The molecule has 1 heterocycles. The first-order chi connectivity index (χ1) is 14.5. The maximum Gasteiger partial charge on any atom is 0.239 e. The molecule has 0 saturated carbocycles. The molecule has 2 aromatic rings. The van der Waals surface area contributed by atoms with Gasteiger partial charge in [-0.1, -0.05) is 36.4 Å². The number of carbonyl (C=O) groups is 1. The number of benzene rings is 2. The Hall–Kier alpha value is -2.57. The van der Waals surface area contributed by atoms with Gasteiger partial charge in [0.25, 0.3) is 0 Å². The van der Waals surface area contributed by atoms with Crippen molar-refractivity contribution in [1.82, 2.24) is 14.7 Å². The molecule has 0 N–H and O–H groups in total. The van der Waals surface area contributed by atoms with Crippen molar-refractivity contribution in [3.63, 3.8) is 0 Å². The molecule has 162 valence electrons. The number of ether oxygens (including phenoxy) is 2. The van der Waals surface area contributed by atoms with E-state index in [1.165, 1.54) is 5.56 Å². The maximum atomic E-state index is 13.0. The maximum absolute atomic E-state index is 13.0. The average Bonchev–Trinajstić information content (AvgIpc) is 2.79. The Kier molecular flexibility index (Phi) is 7.71. The predicted molar refractivity (Wildman–Crippen MR) is 119 cm³/mol. The predicted octanol–water partition coefficient (Wildman–Crippen LogP) is 2.87. The third-order valence-electron chi connectivity index (χ3n) is 5.83. The zero-order valence-electron chi connectivity index (χ0n) is 18.5. The van der Waals surface area contributed by atoms with Crippen LogP contribution in [0, 0.1) is 0 Å². The molecule has 2 aromatic carbocycles. The highest BCUT2D eigenvalue weighted by atomic mass is 16.5. The Labute approximate surface area is 180 Å². The highest BCUT2D eigenvalue weighted by molar-refractivity contribution is 5.81. The van der Waals surface area contributed by atoms with Gasteiger partial charge in [-0.15, -0.1) is 0 Å². The molecule has 0 aromatic heterocycles. The van der Waals surface area contributed by atoms with Crippen molar-refractivity contribution in [2.75, 3.05) is 47.4 Å². The number of carbonyl (C=O) groups excluding carboxylic acids is 1. The summed E-state index contributed by atoms with van der Waals surface area (Å²) < 4.78 is 10.7. The lowest BCUT2D eigenvalue weighted by Crippen LogP contribution is -2.53. The van der Waals surface area contributed by atoms with Crippen LogP contribution in [0.25, 0.3) is 0 Å². The van der Waals surface area contributed by atoms with Crippen LogP contribution >= 0.6 is 0 Å². The highest BCUT2D eigenvalue weighted by Crippen LogP contribution is 2.28. The van der Waals surface area contributed by atoms with Gasteiger partial charge in [0, 0.05) is 39.3 Å². The van der Waals surface area contributed by atoms with Crippen LogP contribution in [0.1, 0.15) is 18.1 Å². The van der Waals surface area contributed by atoms with Crippen LogP contribution in [0.15, 0.2) is 48.5 Å². The molecule has 1 saturated heterocycles. The Balaban J connectivity index is 1.51. The molecule has 6 nitrogen and oxygen atoms in total. The van der Waals surface area contributed by atoms with Gasteiger partial charge in [0.2, 0.25) is 5.91 Å². The summed E-state index contributed by atoms with van der Waals surface area (Å²) in [7, 11) is 5.25. The van der Waals surface area contributed by atoms with Crippen molar-refractivity contribution >= 4 is 5.91 Å². The minimum atomic E-state index is -0.182. The second kappa shape index (κ2) is 10.5. The molecule has 3 rings (SSSR count). The zero-order valence-corrected chi connectivity index (χ0v) is 18.5. The standard InChI is InChI=1S/C24H33N3O3/c1-19(25(2)17-21-10-11-22(29-3)23(16-21)30-4)24(28)27-14-12-26(13-15-27)18-20-8-6-5-7-9-20/h5-11,16,19H,12-15,17-18H2,1-4H3. The van der Waals surface area contributed by atoms with Crippen LogP contribution in [0.3, 0.4) is 0 Å². The largest absolute Gasteiger partial charge is 0.493 e. The molecule has 1 fully saturated rings. The van der Waals surface area contributed by atoms with E-state index >= 15 is 0 Å². The highest BCUT2D eigenvalue weighted by Gasteiger charge is 2.27. The summed E-state index contributed by atoms with van der Waals surface area (Å²) in [6, 6.07) is 16.2. The topological polar surface area (TPSA) is 45.2 Å². The van der Waals surface area contributed by atoms with Gasteiger partial charge in [0.05, 0.1) is 20.3 Å². The van der Waals surface area contributed by atoms with Crippen molar-refractivity contribution in [3.05, 3.63) is 59.7 Å². The fourth-order valence-corrected chi connectivity index (χ4v) is 3.82. The van der Waals surface area contributed by atoms with Crippen LogP contribution in [0.2, 0.25) is 0 Å². The van der Waals surface area contributed by atoms with E-state index in [-0.39, 0.29) is 11.9 Å². The van der Waals surface area contributed by atoms with Gasteiger partial charge in [-0.3, -0.25) is 14.6 Å². The molecule has 1 unspecified atom stereocenters. The number of rotatable bonds is 8. The van der Waals surface area contributed by atoms with Gasteiger partial charge in [-0.2, -0.15) is 0 Å². The number of amides is 1. The quantitative estimate of drug-likeness (QED) is 0.668. The summed E-state index contributed by atoms with van der Waals surface area (Å²) in [6.07, 6.45) is 0. The molecule has 1 amide bonds. The summed E-state index contributed by atoms with van der Waals surface area (Å²) >= 11 is 0. The number of hydrogen-bond acceptors (Lipinski definition) is 5. The lowest BCUT2D eigenvalue weighted by molar-refractivity contribution is -0.138. The molecule has 1 aliphatic rings. The lowest BCUT2D eigenvalue weighted by atomic mass is 10.1. The number of likely N-dealkylation sites (N-methyl/N-ethyl adjacent to an activating group) is 1. The van der Waals surface area contributed by atoms with Crippen molar-refractivity contribution in [1.29, 1.82) is 0 Å². The first kappa shape index (κ1) is 22.1. The van der Waals surface area contributed by atoms with Crippen LogP contribution in [0.5, 0.6) is 11.5 Å². The molecular weight excluding hydrogens is 378 g/mol. The van der Waals surface area contributed by atoms with Gasteiger partial charge in [0.15, 0.2) is 11.5 Å². The molecule has 1 aliphatic heterocycles. The van der Waals surface area contributed by atoms with Gasteiger partial charge in [-0.05, 0) is 37.2 Å². The molecule has 30 heavy (non-hydrogen) atoms. The molecule has 0 spiro atoms. The van der Waals surface area contributed by atoms with Gasteiger partial charge in [-0.25, -0.2) is 0 Å². The van der Waals surface area contributed by atoms with Gasteiger partial charge in [0.1, 0.15) is 0 Å². The normalized spacial score (nSPS) is 15.8. The average molecular weight is 412 g/mol. The first-order valence-electron chi connectivity index (χ1n) is 10.5. The van der Waals surface area contributed by atoms with E-state index in [4.69, 9.17) is 9.47 Å². The molecule has 0 radical (unpaired) electrons. The Morgan fingerprint density at radius 2 is 1.63 bits per heavy atom. The van der Waals surface area contributed by atoms with Crippen LogP contribution in [-0.4, -0.2) is 74.1 Å². The fraction of sp³-hybridized carbons (Fsp3) is 0.458. The molecule has 0 aliphatic carbocycles. The number of methoxy groups -OCH3 is 2. The fourth-order valence-electron chi connectivity index (χ4n) is 3.82. The second-order valence-electron chi connectivity index (χ2n) is 7.87. The lowest BCUT2D eigenvalue weighted by Gasteiger charge is -2.37. The van der Waals surface area contributed by atoms with Crippen LogP contribution in [0.4, 0.5) is 0 Å². The van der Waals surface area contributed by atoms with Gasteiger partial charge < -0.3 is 14.4 Å². The summed E-state index contributed by atoms with van der Waals surface area (Å²) in [5.41, 5.74) is 2.41. The number of nitrogens with zero attached hydrogens (tertiary/aromatic N) is 3. The molecular formula is C24H33N3O3. The van der Waals surface area contributed by atoms with E-state index in [0.29, 0.717) is 18.0 Å². The summed E-state index contributed by atoms with van der Waals surface area (Å²) in [5.74, 6) is 1.61. The summed E-state index contributed by atoms with van der Waals surface area (Å²) in [6.45, 7) is 6.97. The third-order valence-corrected chi connectivity index (χ3v) is 5.83. The van der Waals surface area contributed by atoms with E-state index in [1.807, 2.05) is 43.1 Å². The first-order valence-corrected chi connectivity index (χ1v) is 10.5. The smallest absolute Gasteiger partial charge is 0.239 e. The van der Waals surface area contributed by atoms with Crippen molar-refractivity contribution in [3.8, 4) is 11.5 Å². The van der Waals surface area contributed by atoms with E-state index in [9.17, 15) is 4.79 Å². The van der Waals surface area contributed by atoms with Gasteiger partial charge >= 0.3 is 0 Å². The van der Waals surface area contributed by atoms with Crippen LogP contribution < -0.4 is 9.47 Å². The number of hydrogen-bond donors (Lipinski definition) is 0. The van der Waals surface area contributed by atoms with Crippen LogP contribution in [-0.2, 0) is 17.9 Å². The SMILES string of the molecule is COc1ccc(CN(C)C(C)C(=O)N2CCN(Cc3ccccc3)CC2)cc1OC. The van der Waals surface area contributed by atoms with E-state index < -0.39 is 0 Å². The van der Waals surface area contributed by atoms with E-state index in [0.717, 1.165) is 38.3 Å². The third kappa shape index (κ3) is 5.52. The molecule has 1 atom stereocenters. The van der Waals surface area contributed by atoms with Crippen molar-refractivity contribution in [2.24, 2.45) is 0 Å². The molecule has 0 bridgehead atoms.